The zero-order valence-electron chi connectivity index (χ0n) is 9.34. The van der Waals surface area contributed by atoms with Crippen LogP contribution in [0.15, 0.2) is 22.7 Å². The summed E-state index contributed by atoms with van der Waals surface area (Å²) < 4.78 is 6.24. The zero-order valence-corrected chi connectivity index (χ0v) is 10.9. The van der Waals surface area contributed by atoms with E-state index in [-0.39, 0.29) is 6.03 Å². The van der Waals surface area contributed by atoms with Gasteiger partial charge in [-0.25, -0.2) is 4.79 Å². The topological polar surface area (TPSA) is 50.4 Å². The highest BCUT2D eigenvalue weighted by Crippen LogP contribution is 2.22. The number of carbonyl (C=O) groups is 1. The SMILES string of the molecule is CNC(=O)NCCc1cc(Br)ccc1OC. The summed E-state index contributed by atoms with van der Waals surface area (Å²) in [5.41, 5.74) is 1.06. The Balaban J connectivity index is 2.58. The molecule has 1 aromatic rings. The number of methoxy groups -OCH3 is 1. The van der Waals surface area contributed by atoms with Crippen LogP contribution in [0, 0.1) is 0 Å². The lowest BCUT2D eigenvalue weighted by molar-refractivity contribution is 0.243. The standard InChI is InChI=1S/C11H15BrN2O2/c1-13-11(15)14-6-5-8-7-9(12)3-4-10(8)16-2/h3-4,7H,5-6H2,1-2H3,(H2,13,14,15). The maximum atomic E-state index is 11.0. The normalized spacial score (nSPS) is 9.69. The number of hydrogen-bond acceptors (Lipinski definition) is 2. The van der Waals surface area contributed by atoms with Gasteiger partial charge >= 0.3 is 6.03 Å². The molecule has 0 aliphatic heterocycles. The van der Waals surface area contributed by atoms with Gasteiger partial charge in [-0.2, -0.15) is 0 Å². The summed E-state index contributed by atoms with van der Waals surface area (Å²) in [6.07, 6.45) is 0.732. The van der Waals surface area contributed by atoms with Crippen molar-refractivity contribution < 1.29 is 9.53 Å². The van der Waals surface area contributed by atoms with E-state index in [4.69, 9.17) is 4.74 Å². The molecule has 2 N–H and O–H groups in total. The van der Waals surface area contributed by atoms with E-state index >= 15 is 0 Å². The molecular formula is C11H15BrN2O2. The highest BCUT2D eigenvalue weighted by atomic mass is 79.9. The zero-order chi connectivity index (χ0) is 12.0. The maximum absolute atomic E-state index is 11.0. The lowest BCUT2D eigenvalue weighted by Crippen LogP contribution is -2.34. The van der Waals surface area contributed by atoms with Crippen molar-refractivity contribution in [3.63, 3.8) is 0 Å². The average molecular weight is 287 g/mol. The van der Waals surface area contributed by atoms with Crippen molar-refractivity contribution in [2.24, 2.45) is 0 Å². The lowest BCUT2D eigenvalue weighted by Gasteiger charge is -2.09. The van der Waals surface area contributed by atoms with Crippen LogP contribution in [0.2, 0.25) is 0 Å². The van der Waals surface area contributed by atoms with E-state index in [1.54, 1.807) is 14.2 Å². The third-order valence-corrected chi connectivity index (χ3v) is 2.64. The van der Waals surface area contributed by atoms with Crippen LogP contribution in [-0.4, -0.2) is 26.7 Å². The molecule has 0 spiro atoms. The van der Waals surface area contributed by atoms with E-state index in [2.05, 4.69) is 26.6 Å². The van der Waals surface area contributed by atoms with E-state index < -0.39 is 0 Å². The number of ether oxygens (including phenoxy) is 1. The van der Waals surface area contributed by atoms with Crippen LogP contribution < -0.4 is 15.4 Å². The Morgan fingerprint density at radius 2 is 2.25 bits per heavy atom. The Morgan fingerprint density at radius 3 is 2.88 bits per heavy atom. The van der Waals surface area contributed by atoms with Gasteiger partial charge in [-0.15, -0.1) is 0 Å². The van der Waals surface area contributed by atoms with Crippen LogP contribution in [0.3, 0.4) is 0 Å². The number of hydrogen-bond donors (Lipinski definition) is 2. The minimum atomic E-state index is -0.172. The predicted molar refractivity (Wildman–Crippen MR) is 66.9 cm³/mol. The molecule has 0 unspecified atom stereocenters. The van der Waals surface area contributed by atoms with Crippen molar-refractivity contribution >= 4 is 22.0 Å². The molecule has 1 aromatic carbocycles. The number of urea groups is 1. The largest absolute Gasteiger partial charge is 0.496 e. The second kappa shape index (κ2) is 6.37. The summed E-state index contributed by atoms with van der Waals surface area (Å²) in [4.78, 5) is 11.0. The van der Waals surface area contributed by atoms with Gasteiger partial charge in [-0.1, -0.05) is 15.9 Å². The number of amides is 2. The van der Waals surface area contributed by atoms with Gasteiger partial charge in [0.25, 0.3) is 0 Å². The fraction of sp³-hybridized carbons (Fsp3) is 0.364. The number of benzene rings is 1. The van der Waals surface area contributed by atoms with Crippen LogP contribution in [-0.2, 0) is 6.42 Å². The Morgan fingerprint density at radius 1 is 1.50 bits per heavy atom. The van der Waals surface area contributed by atoms with Crippen LogP contribution in [0.4, 0.5) is 4.79 Å². The first-order chi connectivity index (χ1) is 7.67. The Hall–Kier alpha value is -1.23. The van der Waals surface area contributed by atoms with Gasteiger partial charge in [0.1, 0.15) is 5.75 Å². The van der Waals surface area contributed by atoms with E-state index in [9.17, 15) is 4.79 Å². The summed E-state index contributed by atoms with van der Waals surface area (Å²) in [5.74, 6) is 0.835. The quantitative estimate of drug-likeness (QED) is 0.889. The van der Waals surface area contributed by atoms with Gasteiger partial charge in [-0.3, -0.25) is 0 Å². The molecule has 4 nitrogen and oxygen atoms in total. The minimum Gasteiger partial charge on any atom is -0.496 e. The molecule has 0 atom stereocenters. The number of halogens is 1. The summed E-state index contributed by atoms with van der Waals surface area (Å²) in [7, 11) is 3.23. The van der Waals surface area contributed by atoms with Crippen molar-refractivity contribution in [2.75, 3.05) is 20.7 Å². The van der Waals surface area contributed by atoms with Crippen molar-refractivity contribution in [2.45, 2.75) is 6.42 Å². The molecule has 88 valence electrons. The van der Waals surface area contributed by atoms with Crippen LogP contribution in [0.5, 0.6) is 5.75 Å². The van der Waals surface area contributed by atoms with Crippen LogP contribution in [0.25, 0.3) is 0 Å². The molecule has 5 heteroatoms. The molecule has 0 saturated carbocycles. The van der Waals surface area contributed by atoms with E-state index in [0.717, 1.165) is 22.2 Å². The van der Waals surface area contributed by atoms with Crippen LogP contribution in [0.1, 0.15) is 5.56 Å². The fourth-order valence-electron chi connectivity index (χ4n) is 1.34. The molecule has 0 fully saturated rings. The van der Waals surface area contributed by atoms with Gasteiger partial charge in [0.2, 0.25) is 0 Å². The first-order valence-electron chi connectivity index (χ1n) is 4.95. The van der Waals surface area contributed by atoms with Crippen LogP contribution >= 0.6 is 15.9 Å². The minimum absolute atomic E-state index is 0.172. The summed E-state index contributed by atoms with van der Waals surface area (Å²) in [5, 5.41) is 5.23. The summed E-state index contributed by atoms with van der Waals surface area (Å²) in [6.45, 7) is 0.576. The maximum Gasteiger partial charge on any atom is 0.314 e. The van der Waals surface area contributed by atoms with Gasteiger partial charge in [0.05, 0.1) is 7.11 Å². The molecule has 0 aromatic heterocycles. The molecule has 0 radical (unpaired) electrons. The molecule has 2 amide bonds. The number of nitrogens with one attached hydrogen (secondary N) is 2. The summed E-state index contributed by atoms with van der Waals surface area (Å²) >= 11 is 3.40. The molecule has 0 saturated heterocycles. The first kappa shape index (κ1) is 12.8. The molecule has 1 rings (SSSR count). The average Bonchev–Trinajstić information content (AvgIpc) is 2.29. The molecule has 0 aliphatic carbocycles. The Bertz CT molecular complexity index is 369. The fourth-order valence-corrected chi connectivity index (χ4v) is 1.75. The molecule has 0 bridgehead atoms. The van der Waals surface area contributed by atoms with Crippen molar-refractivity contribution in [3.05, 3.63) is 28.2 Å². The van der Waals surface area contributed by atoms with Gasteiger partial charge in [0.15, 0.2) is 0 Å². The van der Waals surface area contributed by atoms with Gasteiger partial charge in [-0.05, 0) is 30.2 Å². The predicted octanol–water partition coefficient (Wildman–Crippen LogP) is 1.93. The third kappa shape index (κ3) is 3.73. The second-order valence-electron chi connectivity index (χ2n) is 3.21. The highest BCUT2D eigenvalue weighted by Gasteiger charge is 2.04. The highest BCUT2D eigenvalue weighted by molar-refractivity contribution is 9.10. The summed E-state index contributed by atoms with van der Waals surface area (Å²) in [6, 6.07) is 5.65. The molecular weight excluding hydrogens is 272 g/mol. The third-order valence-electron chi connectivity index (χ3n) is 2.15. The number of rotatable bonds is 4. The molecule has 0 aliphatic rings. The monoisotopic (exact) mass is 286 g/mol. The molecule has 16 heavy (non-hydrogen) atoms. The first-order valence-corrected chi connectivity index (χ1v) is 5.74. The van der Waals surface area contributed by atoms with Gasteiger partial charge in [0, 0.05) is 18.1 Å². The van der Waals surface area contributed by atoms with Crippen molar-refractivity contribution in [1.82, 2.24) is 10.6 Å². The molecule has 0 heterocycles. The van der Waals surface area contributed by atoms with E-state index in [0.29, 0.717) is 6.54 Å². The number of carbonyl (C=O) groups excluding carboxylic acids is 1. The Labute approximate surface area is 103 Å². The van der Waals surface area contributed by atoms with Crippen molar-refractivity contribution in [3.8, 4) is 5.75 Å². The van der Waals surface area contributed by atoms with Crippen molar-refractivity contribution in [1.29, 1.82) is 0 Å². The second-order valence-corrected chi connectivity index (χ2v) is 4.13. The van der Waals surface area contributed by atoms with E-state index in [1.165, 1.54) is 0 Å². The lowest BCUT2D eigenvalue weighted by atomic mass is 10.1. The Kier molecular flexibility index (Phi) is 5.11. The smallest absolute Gasteiger partial charge is 0.314 e. The van der Waals surface area contributed by atoms with E-state index in [1.807, 2.05) is 18.2 Å². The van der Waals surface area contributed by atoms with Gasteiger partial charge < -0.3 is 15.4 Å².